The van der Waals surface area contributed by atoms with Gasteiger partial charge >= 0.3 is 0 Å². The van der Waals surface area contributed by atoms with Gasteiger partial charge in [0.2, 0.25) is 5.91 Å². The minimum absolute atomic E-state index is 0.196. The van der Waals surface area contributed by atoms with E-state index in [0.717, 1.165) is 36.6 Å². The molecule has 4 heteroatoms. The Labute approximate surface area is 112 Å². The summed E-state index contributed by atoms with van der Waals surface area (Å²) >= 11 is 1.92. The second-order valence-electron chi connectivity index (χ2n) is 4.33. The van der Waals surface area contributed by atoms with E-state index in [1.165, 1.54) is 0 Å². The van der Waals surface area contributed by atoms with Crippen molar-refractivity contribution in [1.29, 1.82) is 5.26 Å². The van der Waals surface area contributed by atoms with Crippen LogP contribution in [0.1, 0.15) is 17.5 Å². The van der Waals surface area contributed by atoms with E-state index in [9.17, 15) is 4.79 Å². The predicted octanol–water partition coefficient (Wildman–Crippen LogP) is 2.07. The highest BCUT2D eigenvalue weighted by Gasteiger charge is 2.15. The number of nitrogens with zero attached hydrogens (tertiary/aromatic N) is 2. The first kappa shape index (κ1) is 13.0. The smallest absolute Gasteiger partial charge is 0.227 e. The molecular weight excluding hydrogens is 244 g/mol. The van der Waals surface area contributed by atoms with E-state index in [0.29, 0.717) is 12.0 Å². The highest BCUT2D eigenvalue weighted by Crippen LogP contribution is 2.12. The molecule has 0 aliphatic carbocycles. The summed E-state index contributed by atoms with van der Waals surface area (Å²) in [5.74, 6) is 2.39. The Balaban J connectivity index is 1.95. The van der Waals surface area contributed by atoms with Gasteiger partial charge in [-0.25, -0.2) is 0 Å². The summed E-state index contributed by atoms with van der Waals surface area (Å²) in [5.41, 5.74) is 1.62. The summed E-state index contributed by atoms with van der Waals surface area (Å²) in [7, 11) is 0. The van der Waals surface area contributed by atoms with Gasteiger partial charge in [0.15, 0.2) is 0 Å². The number of nitriles is 1. The SMILES string of the molecule is N#Cc1ccc(CC(=O)N2CCCSCC2)cc1. The van der Waals surface area contributed by atoms with E-state index in [2.05, 4.69) is 6.07 Å². The lowest BCUT2D eigenvalue weighted by atomic mass is 10.1. The Morgan fingerprint density at radius 2 is 2.06 bits per heavy atom. The second kappa shape index (κ2) is 6.46. The third-order valence-electron chi connectivity index (χ3n) is 3.01. The molecule has 1 saturated heterocycles. The van der Waals surface area contributed by atoms with Crippen molar-refractivity contribution >= 4 is 17.7 Å². The Morgan fingerprint density at radius 3 is 2.78 bits per heavy atom. The average molecular weight is 260 g/mol. The largest absolute Gasteiger partial charge is 0.342 e. The van der Waals surface area contributed by atoms with Crippen LogP contribution in [0.5, 0.6) is 0 Å². The fourth-order valence-electron chi connectivity index (χ4n) is 1.98. The molecule has 3 nitrogen and oxygen atoms in total. The van der Waals surface area contributed by atoms with Crippen molar-refractivity contribution in [3.05, 3.63) is 35.4 Å². The molecular formula is C14H16N2OS. The molecule has 0 radical (unpaired) electrons. The first-order valence-electron chi connectivity index (χ1n) is 6.14. The molecule has 0 unspecified atom stereocenters. The minimum Gasteiger partial charge on any atom is -0.342 e. The Morgan fingerprint density at radius 1 is 1.28 bits per heavy atom. The average Bonchev–Trinajstić information content (AvgIpc) is 2.68. The lowest BCUT2D eigenvalue weighted by Crippen LogP contribution is -2.34. The van der Waals surface area contributed by atoms with Crippen molar-refractivity contribution < 1.29 is 4.79 Å². The van der Waals surface area contributed by atoms with Crippen molar-refractivity contribution in [3.63, 3.8) is 0 Å². The molecule has 1 aliphatic heterocycles. The van der Waals surface area contributed by atoms with Gasteiger partial charge in [0, 0.05) is 18.8 Å². The van der Waals surface area contributed by atoms with Crippen molar-refractivity contribution in [2.45, 2.75) is 12.8 Å². The number of carbonyl (C=O) groups excluding carboxylic acids is 1. The third-order valence-corrected chi connectivity index (χ3v) is 4.06. The van der Waals surface area contributed by atoms with Crippen LogP contribution in [0.2, 0.25) is 0 Å². The summed E-state index contributed by atoms with van der Waals surface area (Å²) in [5, 5.41) is 8.72. The Bertz CT molecular complexity index is 442. The number of hydrogen-bond donors (Lipinski definition) is 0. The molecule has 1 aromatic carbocycles. The molecule has 18 heavy (non-hydrogen) atoms. The Kier molecular flexibility index (Phi) is 4.66. The van der Waals surface area contributed by atoms with Gasteiger partial charge in [-0.05, 0) is 29.9 Å². The molecule has 1 heterocycles. The maximum Gasteiger partial charge on any atom is 0.227 e. The minimum atomic E-state index is 0.196. The number of benzene rings is 1. The predicted molar refractivity (Wildman–Crippen MR) is 73.4 cm³/mol. The van der Waals surface area contributed by atoms with Crippen LogP contribution in [0, 0.1) is 11.3 Å². The molecule has 0 spiro atoms. The van der Waals surface area contributed by atoms with Crippen LogP contribution in [0.3, 0.4) is 0 Å². The van der Waals surface area contributed by atoms with Crippen LogP contribution in [0.4, 0.5) is 0 Å². The third kappa shape index (κ3) is 3.51. The fraction of sp³-hybridized carbons (Fsp3) is 0.429. The first-order chi connectivity index (χ1) is 8.79. The topological polar surface area (TPSA) is 44.1 Å². The van der Waals surface area contributed by atoms with Gasteiger partial charge in [-0.1, -0.05) is 12.1 Å². The van der Waals surface area contributed by atoms with Crippen LogP contribution < -0.4 is 0 Å². The first-order valence-corrected chi connectivity index (χ1v) is 7.29. The van der Waals surface area contributed by atoms with Crippen LogP contribution in [-0.2, 0) is 11.2 Å². The Hall–Kier alpha value is -1.47. The highest BCUT2D eigenvalue weighted by molar-refractivity contribution is 7.99. The molecule has 0 bridgehead atoms. The van der Waals surface area contributed by atoms with E-state index >= 15 is 0 Å². The number of hydrogen-bond acceptors (Lipinski definition) is 3. The van der Waals surface area contributed by atoms with Gasteiger partial charge in [-0.3, -0.25) is 4.79 Å². The van der Waals surface area contributed by atoms with E-state index in [1.807, 2.05) is 28.8 Å². The number of rotatable bonds is 2. The van der Waals surface area contributed by atoms with Crippen molar-refractivity contribution in [2.24, 2.45) is 0 Å². The summed E-state index contributed by atoms with van der Waals surface area (Å²) in [6.45, 7) is 1.74. The highest BCUT2D eigenvalue weighted by atomic mass is 32.2. The van der Waals surface area contributed by atoms with Crippen molar-refractivity contribution in [3.8, 4) is 6.07 Å². The molecule has 1 amide bonds. The summed E-state index contributed by atoms with van der Waals surface area (Å²) in [4.78, 5) is 14.1. The van der Waals surface area contributed by atoms with Gasteiger partial charge in [-0.15, -0.1) is 0 Å². The van der Waals surface area contributed by atoms with E-state index in [4.69, 9.17) is 5.26 Å². The summed E-state index contributed by atoms with van der Waals surface area (Å²) in [6.07, 6.45) is 1.53. The lowest BCUT2D eigenvalue weighted by Gasteiger charge is -2.19. The van der Waals surface area contributed by atoms with Gasteiger partial charge in [0.05, 0.1) is 18.1 Å². The maximum atomic E-state index is 12.1. The maximum absolute atomic E-state index is 12.1. The standard InChI is InChI=1S/C14H16N2OS/c15-11-13-4-2-12(3-5-13)10-14(17)16-6-1-8-18-9-7-16/h2-5H,1,6-10H2. The molecule has 0 N–H and O–H groups in total. The van der Waals surface area contributed by atoms with Crippen LogP contribution in [0.25, 0.3) is 0 Å². The molecule has 0 saturated carbocycles. The molecule has 94 valence electrons. The summed E-state index contributed by atoms with van der Waals surface area (Å²) in [6, 6.07) is 9.34. The number of thioether (sulfide) groups is 1. The molecule has 1 fully saturated rings. The van der Waals surface area contributed by atoms with Crippen molar-refractivity contribution in [2.75, 3.05) is 24.6 Å². The molecule has 2 rings (SSSR count). The van der Waals surface area contributed by atoms with Crippen LogP contribution >= 0.6 is 11.8 Å². The zero-order chi connectivity index (χ0) is 12.8. The molecule has 1 aliphatic rings. The van der Waals surface area contributed by atoms with E-state index < -0.39 is 0 Å². The zero-order valence-corrected chi connectivity index (χ0v) is 11.1. The molecule has 1 aromatic rings. The molecule has 0 atom stereocenters. The second-order valence-corrected chi connectivity index (χ2v) is 5.56. The molecule has 0 aromatic heterocycles. The van der Waals surface area contributed by atoms with Crippen LogP contribution in [0.15, 0.2) is 24.3 Å². The van der Waals surface area contributed by atoms with Crippen molar-refractivity contribution in [1.82, 2.24) is 4.90 Å². The van der Waals surface area contributed by atoms with Gasteiger partial charge in [0.25, 0.3) is 0 Å². The van der Waals surface area contributed by atoms with Gasteiger partial charge < -0.3 is 4.90 Å². The zero-order valence-electron chi connectivity index (χ0n) is 10.3. The normalized spacial score (nSPS) is 15.8. The van der Waals surface area contributed by atoms with Gasteiger partial charge in [-0.2, -0.15) is 17.0 Å². The van der Waals surface area contributed by atoms with E-state index in [1.54, 1.807) is 12.1 Å². The lowest BCUT2D eigenvalue weighted by molar-refractivity contribution is -0.130. The summed E-state index contributed by atoms with van der Waals surface area (Å²) < 4.78 is 0. The number of amides is 1. The fourth-order valence-corrected chi connectivity index (χ4v) is 2.87. The van der Waals surface area contributed by atoms with Crippen LogP contribution in [-0.4, -0.2) is 35.4 Å². The quantitative estimate of drug-likeness (QED) is 0.817. The van der Waals surface area contributed by atoms with Gasteiger partial charge in [0.1, 0.15) is 0 Å². The monoisotopic (exact) mass is 260 g/mol. The van der Waals surface area contributed by atoms with E-state index in [-0.39, 0.29) is 5.91 Å². The number of carbonyl (C=O) groups is 1.